The summed E-state index contributed by atoms with van der Waals surface area (Å²) < 4.78 is 4.54. The van der Waals surface area contributed by atoms with Gasteiger partial charge in [0.05, 0.1) is 0 Å². The molecule has 0 spiro atoms. The van der Waals surface area contributed by atoms with Crippen molar-refractivity contribution in [1.29, 1.82) is 0 Å². The lowest BCUT2D eigenvalue weighted by atomic mass is 10.2. The van der Waals surface area contributed by atoms with Crippen molar-refractivity contribution in [3.63, 3.8) is 0 Å². The van der Waals surface area contributed by atoms with E-state index in [0.717, 1.165) is 6.51 Å². The third kappa shape index (κ3) is 2.09. The molecule has 0 unspecified atom stereocenters. The van der Waals surface area contributed by atoms with E-state index in [1.54, 1.807) is 8.05 Å². The third-order valence-corrected chi connectivity index (χ3v) is 0.289. The van der Waals surface area contributed by atoms with Gasteiger partial charge in [0, 0.05) is 0 Å². The highest BCUT2D eigenvalue weighted by atomic mass is 16.4. The van der Waals surface area contributed by atoms with Crippen LogP contribution in [-0.2, 0) is 4.65 Å². The lowest BCUT2D eigenvalue weighted by Gasteiger charge is -1.76. The molecule has 4 heavy (non-hydrogen) atoms. The van der Waals surface area contributed by atoms with E-state index in [4.69, 9.17) is 0 Å². The van der Waals surface area contributed by atoms with Crippen LogP contribution in [0.1, 0.15) is 0 Å². The Morgan fingerprint density at radius 3 is 2.00 bits per heavy atom. The molecular formula is CH6B2O. The highest BCUT2D eigenvalue weighted by molar-refractivity contribution is 6.10. The van der Waals surface area contributed by atoms with Crippen LogP contribution in [0.25, 0.3) is 0 Å². The van der Waals surface area contributed by atoms with Crippen LogP contribution >= 0.6 is 0 Å². The molecule has 1 nitrogen and oxygen atoms in total. The van der Waals surface area contributed by atoms with Crippen molar-refractivity contribution < 1.29 is 4.65 Å². The second kappa shape index (κ2) is 3.09. The molecule has 0 aromatic heterocycles. The zero-order chi connectivity index (χ0) is 3.41. The van der Waals surface area contributed by atoms with Gasteiger partial charge in [-0.2, -0.15) is 0 Å². The molecule has 0 aliphatic carbocycles. The van der Waals surface area contributed by atoms with Crippen molar-refractivity contribution in [2.75, 3.05) is 6.51 Å². The lowest BCUT2D eigenvalue weighted by molar-refractivity contribution is 0.429. The molecule has 0 saturated heterocycles. The van der Waals surface area contributed by atoms with E-state index in [-0.39, 0.29) is 0 Å². The number of hydrogen-bond donors (Lipinski definition) is 0. The van der Waals surface area contributed by atoms with E-state index in [9.17, 15) is 0 Å². The van der Waals surface area contributed by atoms with Gasteiger partial charge in [-0.15, -0.1) is 0 Å². The van der Waals surface area contributed by atoms with Gasteiger partial charge in [-0.25, -0.2) is 0 Å². The summed E-state index contributed by atoms with van der Waals surface area (Å²) >= 11 is 0. The first kappa shape index (κ1) is 4.09. The van der Waals surface area contributed by atoms with E-state index in [2.05, 4.69) is 4.65 Å². The molecule has 0 aromatic rings. The Bertz CT molecular complexity index is 8.00. The van der Waals surface area contributed by atoms with Crippen molar-refractivity contribution in [3.8, 4) is 0 Å². The second-order valence-corrected chi connectivity index (χ2v) is 0.577. The Balaban J connectivity index is 1.97. The van der Waals surface area contributed by atoms with Crippen molar-refractivity contribution in [1.82, 2.24) is 0 Å². The molecule has 0 fully saturated rings. The fourth-order valence-corrected chi connectivity index (χ4v) is 0. The van der Waals surface area contributed by atoms with E-state index < -0.39 is 0 Å². The molecule has 0 aliphatic heterocycles. The Kier molecular flexibility index (Phi) is 3.16. The molecule has 22 valence electrons. The quantitative estimate of drug-likeness (QED) is 0.320. The minimum absolute atomic E-state index is 0.819. The summed E-state index contributed by atoms with van der Waals surface area (Å²) in [4.78, 5) is 0. The molecule has 0 bridgehead atoms. The average Bonchev–Trinajstić information content (AvgIpc) is 1.37. The fourth-order valence-electron chi connectivity index (χ4n) is 0. The van der Waals surface area contributed by atoms with Gasteiger partial charge in [0.1, 0.15) is 7.85 Å². The van der Waals surface area contributed by atoms with Crippen molar-refractivity contribution >= 4 is 15.9 Å². The van der Waals surface area contributed by atoms with Crippen LogP contribution in [0.2, 0.25) is 0 Å². The van der Waals surface area contributed by atoms with Crippen LogP contribution in [0, 0.1) is 0 Å². The minimum atomic E-state index is 0.819. The van der Waals surface area contributed by atoms with Crippen LogP contribution in [0.4, 0.5) is 0 Å². The predicted molar refractivity (Wildman–Crippen MR) is 23.0 cm³/mol. The molecule has 0 saturated carbocycles. The van der Waals surface area contributed by atoms with E-state index in [1.165, 1.54) is 0 Å². The lowest BCUT2D eigenvalue weighted by Crippen LogP contribution is -1.83. The van der Waals surface area contributed by atoms with Crippen LogP contribution < -0.4 is 0 Å². The Morgan fingerprint density at radius 1 is 1.75 bits per heavy atom. The summed E-state index contributed by atoms with van der Waals surface area (Å²) in [5, 5.41) is 0. The molecule has 0 radical (unpaired) electrons. The van der Waals surface area contributed by atoms with E-state index >= 15 is 0 Å². The minimum Gasteiger partial charge on any atom is -0.452 e. The predicted octanol–water partition coefficient (Wildman–Crippen LogP) is -1.86. The third-order valence-electron chi connectivity index (χ3n) is 0.289. The summed E-state index contributed by atoms with van der Waals surface area (Å²) in [7, 11) is 3.64. The van der Waals surface area contributed by atoms with E-state index in [0.29, 0.717) is 0 Å². The molecule has 0 rings (SSSR count). The van der Waals surface area contributed by atoms with Crippen molar-refractivity contribution in [2.45, 2.75) is 0 Å². The summed E-state index contributed by atoms with van der Waals surface area (Å²) in [6.45, 7) is 0.819. The summed E-state index contributed by atoms with van der Waals surface area (Å²) in [6, 6.07) is 0. The van der Waals surface area contributed by atoms with E-state index in [1.807, 2.05) is 7.85 Å². The Labute approximate surface area is 28.2 Å². The standard InChI is InChI=1S/CH6B2O/c2-1-4-3/h1-3H2. The first-order valence-corrected chi connectivity index (χ1v) is 1.40. The summed E-state index contributed by atoms with van der Waals surface area (Å²) in [6.07, 6.45) is 0. The first-order chi connectivity index (χ1) is 1.91. The van der Waals surface area contributed by atoms with Crippen LogP contribution in [0.5, 0.6) is 0 Å². The summed E-state index contributed by atoms with van der Waals surface area (Å²) in [5.41, 5.74) is 0. The zero-order valence-corrected chi connectivity index (χ0v) is 3.12. The van der Waals surface area contributed by atoms with Crippen LogP contribution in [0.3, 0.4) is 0 Å². The average molecular weight is 55.7 g/mol. The molecular weight excluding hydrogens is 49.6 g/mol. The molecule has 0 N–H and O–H groups in total. The zero-order valence-electron chi connectivity index (χ0n) is 3.12. The Morgan fingerprint density at radius 2 is 2.00 bits per heavy atom. The molecule has 0 aliphatic rings. The maximum atomic E-state index is 4.54. The maximum absolute atomic E-state index is 4.54. The van der Waals surface area contributed by atoms with Gasteiger partial charge in [-0.05, 0) is 6.51 Å². The van der Waals surface area contributed by atoms with Crippen molar-refractivity contribution in [2.24, 2.45) is 0 Å². The van der Waals surface area contributed by atoms with Crippen LogP contribution in [0.15, 0.2) is 0 Å². The molecule has 0 amide bonds. The molecule has 0 heterocycles. The largest absolute Gasteiger partial charge is 0.452 e. The SMILES string of the molecule is BCOB. The Hall–Kier alpha value is 0.0899. The fraction of sp³-hybridized carbons (Fsp3) is 1.00. The van der Waals surface area contributed by atoms with Gasteiger partial charge in [0.2, 0.25) is 0 Å². The molecule has 0 aromatic carbocycles. The molecule has 0 atom stereocenters. The topological polar surface area (TPSA) is 9.23 Å². The van der Waals surface area contributed by atoms with Gasteiger partial charge in [0.25, 0.3) is 8.05 Å². The van der Waals surface area contributed by atoms with Gasteiger partial charge < -0.3 is 4.65 Å². The first-order valence-electron chi connectivity index (χ1n) is 1.40. The van der Waals surface area contributed by atoms with Crippen LogP contribution in [-0.4, -0.2) is 22.4 Å². The smallest absolute Gasteiger partial charge is 0.256 e. The van der Waals surface area contributed by atoms with Gasteiger partial charge in [-0.3, -0.25) is 0 Å². The highest BCUT2D eigenvalue weighted by Gasteiger charge is 1.54. The van der Waals surface area contributed by atoms with Crippen molar-refractivity contribution in [3.05, 3.63) is 0 Å². The number of rotatable bonds is 1. The summed E-state index contributed by atoms with van der Waals surface area (Å²) in [5.74, 6) is 0. The van der Waals surface area contributed by atoms with Gasteiger partial charge >= 0.3 is 0 Å². The maximum Gasteiger partial charge on any atom is 0.256 e. The highest BCUT2D eigenvalue weighted by Crippen LogP contribution is 1.42. The normalized spacial score (nSPS) is 7.00. The van der Waals surface area contributed by atoms with Gasteiger partial charge in [-0.1, -0.05) is 0 Å². The molecule has 3 heteroatoms. The monoisotopic (exact) mass is 56.1 g/mol. The van der Waals surface area contributed by atoms with Gasteiger partial charge in [0.15, 0.2) is 0 Å². The second-order valence-electron chi connectivity index (χ2n) is 0.577. The number of hydrogen-bond acceptors (Lipinski definition) is 1.